The summed E-state index contributed by atoms with van der Waals surface area (Å²) >= 11 is 1.63. The van der Waals surface area contributed by atoms with E-state index in [2.05, 4.69) is 21.7 Å². The van der Waals surface area contributed by atoms with Crippen LogP contribution in [-0.4, -0.2) is 54.7 Å². The first-order chi connectivity index (χ1) is 13.0. The van der Waals surface area contributed by atoms with Gasteiger partial charge in [0.2, 0.25) is 5.91 Å². The maximum absolute atomic E-state index is 12.3. The smallest absolute Gasteiger partial charge is 0.261 e. The number of benzene rings is 1. The Labute approximate surface area is 162 Å². The second kappa shape index (κ2) is 8.45. The second-order valence-corrected chi connectivity index (χ2v) is 7.53. The highest BCUT2D eigenvalue weighted by atomic mass is 32.1. The minimum Gasteiger partial charge on any atom is -0.354 e. The van der Waals surface area contributed by atoms with Gasteiger partial charge < -0.3 is 10.2 Å². The molecule has 6 nitrogen and oxygen atoms in total. The van der Waals surface area contributed by atoms with Crippen molar-refractivity contribution in [3.05, 3.63) is 57.8 Å². The quantitative estimate of drug-likeness (QED) is 0.709. The standard InChI is InChI=1S/C20H23N3O3S/c1-22(2)17(14-9-11-27-13-14)12-21-18(24)8-5-10-23-19(25)15-6-3-4-7-16(15)20(23)26/h3-4,6-7,9,11,13,17H,5,8,10,12H2,1-2H3,(H,21,24). The summed E-state index contributed by atoms with van der Waals surface area (Å²) < 4.78 is 0. The van der Waals surface area contributed by atoms with Crippen molar-refractivity contribution in [2.24, 2.45) is 0 Å². The molecule has 0 saturated carbocycles. The summed E-state index contributed by atoms with van der Waals surface area (Å²) in [5, 5.41) is 7.06. The van der Waals surface area contributed by atoms with E-state index >= 15 is 0 Å². The van der Waals surface area contributed by atoms with Crippen molar-refractivity contribution < 1.29 is 14.4 Å². The van der Waals surface area contributed by atoms with Crippen LogP contribution in [0.3, 0.4) is 0 Å². The molecule has 1 atom stereocenters. The number of hydrogen-bond acceptors (Lipinski definition) is 5. The average molecular weight is 385 g/mol. The molecular formula is C20H23N3O3S. The van der Waals surface area contributed by atoms with Crippen molar-refractivity contribution in [2.75, 3.05) is 27.2 Å². The van der Waals surface area contributed by atoms with Crippen molar-refractivity contribution in [2.45, 2.75) is 18.9 Å². The van der Waals surface area contributed by atoms with E-state index in [0.29, 0.717) is 24.1 Å². The number of nitrogens with zero attached hydrogens (tertiary/aromatic N) is 2. The molecule has 0 radical (unpaired) electrons. The summed E-state index contributed by atoms with van der Waals surface area (Å²) in [7, 11) is 3.97. The third-order valence-corrected chi connectivity index (χ3v) is 5.41. The number of thiophene rings is 1. The van der Waals surface area contributed by atoms with Gasteiger partial charge in [-0.1, -0.05) is 12.1 Å². The summed E-state index contributed by atoms with van der Waals surface area (Å²) in [6.45, 7) is 0.775. The summed E-state index contributed by atoms with van der Waals surface area (Å²) in [5.41, 5.74) is 2.06. The van der Waals surface area contributed by atoms with Gasteiger partial charge in [-0.15, -0.1) is 0 Å². The molecule has 1 aliphatic rings. The van der Waals surface area contributed by atoms with Crippen molar-refractivity contribution in [3.63, 3.8) is 0 Å². The molecule has 0 fully saturated rings. The number of rotatable bonds is 8. The number of nitrogens with one attached hydrogen (secondary N) is 1. The minimum absolute atomic E-state index is 0.0753. The van der Waals surface area contributed by atoms with Gasteiger partial charge in [0.05, 0.1) is 17.2 Å². The zero-order chi connectivity index (χ0) is 19.4. The van der Waals surface area contributed by atoms with Crippen LogP contribution in [0.25, 0.3) is 0 Å². The van der Waals surface area contributed by atoms with Crippen molar-refractivity contribution in [1.29, 1.82) is 0 Å². The summed E-state index contributed by atoms with van der Waals surface area (Å²) in [4.78, 5) is 40.1. The maximum atomic E-state index is 12.3. The number of likely N-dealkylation sites (N-methyl/N-ethyl adjacent to an activating group) is 1. The lowest BCUT2D eigenvalue weighted by atomic mass is 10.1. The minimum atomic E-state index is -0.277. The molecule has 0 saturated heterocycles. The Morgan fingerprint density at radius 1 is 1.15 bits per heavy atom. The predicted octanol–water partition coefficient (Wildman–Crippen LogP) is 2.54. The molecule has 1 aromatic heterocycles. The highest BCUT2D eigenvalue weighted by Gasteiger charge is 2.34. The Kier molecular flexibility index (Phi) is 6.03. The van der Waals surface area contributed by atoms with Crippen molar-refractivity contribution >= 4 is 29.1 Å². The van der Waals surface area contributed by atoms with Gasteiger partial charge in [0.25, 0.3) is 11.8 Å². The van der Waals surface area contributed by atoms with Gasteiger partial charge in [0.1, 0.15) is 0 Å². The number of carbonyl (C=O) groups is 3. The van der Waals surface area contributed by atoms with E-state index in [1.807, 2.05) is 19.5 Å². The average Bonchev–Trinajstić information content (AvgIpc) is 3.25. The maximum Gasteiger partial charge on any atom is 0.261 e. The van der Waals surface area contributed by atoms with Crippen LogP contribution in [0.2, 0.25) is 0 Å². The second-order valence-electron chi connectivity index (χ2n) is 6.75. The van der Waals surface area contributed by atoms with Gasteiger partial charge in [0.15, 0.2) is 0 Å². The highest BCUT2D eigenvalue weighted by molar-refractivity contribution is 7.07. The van der Waals surface area contributed by atoms with E-state index in [4.69, 9.17) is 0 Å². The Morgan fingerprint density at radius 2 is 1.81 bits per heavy atom. The molecule has 7 heteroatoms. The van der Waals surface area contributed by atoms with Crippen LogP contribution in [0.4, 0.5) is 0 Å². The molecule has 27 heavy (non-hydrogen) atoms. The molecule has 3 amide bonds. The van der Waals surface area contributed by atoms with Gasteiger partial charge in [-0.3, -0.25) is 19.3 Å². The van der Waals surface area contributed by atoms with Crippen LogP contribution in [0.15, 0.2) is 41.1 Å². The highest BCUT2D eigenvalue weighted by Crippen LogP contribution is 2.23. The molecule has 3 rings (SSSR count). The molecule has 2 heterocycles. The van der Waals surface area contributed by atoms with E-state index in [1.54, 1.807) is 35.6 Å². The molecule has 1 aliphatic heterocycles. The fraction of sp³-hybridized carbons (Fsp3) is 0.350. The summed E-state index contributed by atoms with van der Waals surface area (Å²) in [5.74, 6) is -0.629. The molecule has 2 aromatic rings. The Balaban J connectivity index is 1.46. The molecule has 0 bridgehead atoms. The van der Waals surface area contributed by atoms with Gasteiger partial charge in [-0.25, -0.2) is 0 Å². The number of carbonyl (C=O) groups excluding carboxylic acids is 3. The van der Waals surface area contributed by atoms with Gasteiger partial charge >= 0.3 is 0 Å². The Hall–Kier alpha value is -2.51. The van der Waals surface area contributed by atoms with E-state index in [-0.39, 0.29) is 36.7 Å². The van der Waals surface area contributed by atoms with E-state index in [0.717, 1.165) is 0 Å². The lowest BCUT2D eigenvalue weighted by Crippen LogP contribution is -2.35. The molecule has 0 aliphatic carbocycles. The molecule has 1 aromatic carbocycles. The molecule has 1 N–H and O–H groups in total. The van der Waals surface area contributed by atoms with Crippen molar-refractivity contribution in [3.8, 4) is 0 Å². The first-order valence-electron chi connectivity index (χ1n) is 8.89. The van der Waals surface area contributed by atoms with Crippen LogP contribution >= 0.6 is 11.3 Å². The number of fused-ring (bicyclic) bond motifs is 1. The molecule has 142 valence electrons. The summed E-state index contributed by atoms with van der Waals surface area (Å²) in [6, 6.07) is 8.99. The van der Waals surface area contributed by atoms with Gasteiger partial charge in [0, 0.05) is 19.5 Å². The molecule has 1 unspecified atom stereocenters. The lowest BCUT2D eigenvalue weighted by Gasteiger charge is -2.24. The largest absolute Gasteiger partial charge is 0.354 e. The van der Waals surface area contributed by atoms with E-state index in [9.17, 15) is 14.4 Å². The number of imide groups is 1. The monoisotopic (exact) mass is 385 g/mol. The normalized spacial score (nSPS) is 14.6. The third kappa shape index (κ3) is 4.26. The van der Waals surface area contributed by atoms with Crippen LogP contribution < -0.4 is 5.32 Å². The van der Waals surface area contributed by atoms with Crippen molar-refractivity contribution in [1.82, 2.24) is 15.1 Å². The van der Waals surface area contributed by atoms with E-state index < -0.39 is 0 Å². The summed E-state index contributed by atoms with van der Waals surface area (Å²) in [6.07, 6.45) is 0.722. The zero-order valence-electron chi connectivity index (χ0n) is 15.5. The lowest BCUT2D eigenvalue weighted by molar-refractivity contribution is -0.121. The molecule has 0 spiro atoms. The first kappa shape index (κ1) is 19.3. The fourth-order valence-corrected chi connectivity index (χ4v) is 3.91. The number of amides is 3. The van der Waals surface area contributed by atoms with Crippen LogP contribution in [0.5, 0.6) is 0 Å². The fourth-order valence-electron chi connectivity index (χ4n) is 3.20. The third-order valence-electron chi connectivity index (χ3n) is 4.71. The first-order valence-corrected chi connectivity index (χ1v) is 9.83. The van der Waals surface area contributed by atoms with Crippen LogP contribution in [0.1, 0.15) is 45.2 Å². The molecular weight excluding hydrogens is 362 g/mol. The Bertz CT molecular complexity index is 798. The number of hydrogen-bond donors (Lipinski definition) is 1. The topological polar surface area (TPSA) is 69.7 Å². The Morgan fingerprint density at radius 3 is 2.37 bits per heavy atom. The SMILES string of the molecule is CN(C)C(CNC(=O)CCCN1C(=O)c2ccccc2C1=O)c1ccsc1. The van der Waals surface area contributed by atoms with Crippen LogP contribution in [0, 0.1) is 0 Å². The van der Waals surface area contributed by atoms with Crippen LogP contribution in [-0.2, 0) is 4.79 Å². The zero-order valence-corrected chi connectivity index (χ0v) is 16.3. The van der Waals surface area contributed by atoms with Gasteiger partial charge in [-0.05, 0) is 55.0 Å². The van der Waals surface area contributed by atoms with Gasteiger partial charge in [-0.2, -0.15) is 11.3 Å². The van der Waals surface area contributed by atoms with E-state index in [1.165, 1.54) is 10.5 Å². The predicted molar refractivity (Wildman–Crippen MR) is 105 cm³/mol.